The summed E-state index contributed by atoms with van der Waals surface area (Å²) in [5, 5.41) is 12.8. The second-order valence-electron chi connectivity index (χ2n) is 6.09. The maximum Gasteiger partial charge on any atom is 0.0871 e. The van der Waals surface area contributed by atoms with E-state index >= 15 is 0 Å². The fourth-order valence-electron chi connectivity index (χ4n) is 2.77. The predicted octanol–water partition coefficient (Wildman–Crippen LogP) is 3.99. The summed E-state index contributed by atoms with van der Waals surface area (Å²) in [5.74, 6) is 0. The number of benzene rings is 2. The minimum Gasteiger partial charge on any atom is -0.411 e. The molecule has 2 aromatic carbocycles. The van der Waals surface area contributed by atoms with Crippen LogP contribution in [0.15, 0.2) is 59.8 Å². The minimum absolute atomic E-state index is 0.741. The van der Waals surface area contributed by atoms with Gasteiger partial charge in [-0.2, -0.15) is 0 Å². The molecule has 2 rings (SSSR count). The van der Waals surface area contributed by atoms with Crippen molar-refractivity contribution in [3.8, 4) is 0 Å². The Balaban J connectivity index is 2.00. The molecule has 0 atom stereocenters. The molecule has 122 valence electrons. The van der Waals surface area contributed by atoms with E-state index in [0.717, 1.165) is 43.5 Å². The molecule has 0 aliphatic carbocycles. The molecule has 1 N–H and O–H groups in total. The van der Waals surface area contributed by atoms with E-state index < -0.39 is 0 Å². The minimum atomic E-state index is 0.741. The van der Waals surface area contributed by atoms with E-state index in [4.69, 9.17) is 0 Å². The zero-order chi connectivity index (χ0) is 16.5. The molecule has 2 aromatic rings. The van der Waals surface area contributed by atoms with Crippen LogP contribution in [-0.4, -0.2) is 36.5 Å². The van der Waals surface area contributed by atoms with E-state index in [2.05, 4.69) is 48.4 Å². The van der Waals surface area contributed by atoms with Gasteiger partial charge in [-0.15, -0.1) is 0 Å². The van der Waals surface area contributed by atoms with Gasteiger partial charge in [-0.05, 0) is 63.0 Å². The number of oxime groups is 1. The summed E-state index contributed by atoms with van der Waals surface area (Å²) >= 11 is 0. The van der Waals surface area contributed by atoms with E-state index in [1.807, 2.05) is 30.3 Å². The molecule has 0 aliphatic heterocycles. The summed E-state index contributed by atoms with van der Waals surface area (Å²) in [7, 11) is 4.21. The normalized spacial score (nSPS) is 11.9. The van der Waals surface area contributed by atoms with Crippen molar-refractivity contribution in [3.05, 3.63) is 71.3 Å². The van der Waals surface area contributed by atoms with Gasteiger partial charge in [0.2, 0.25) is 0 Å². The highest BCUT2D eigenvalue weighted by molar-refractivity contribution is 6.00. The highest BCUT2D eigenvalue weighted by atomic mass is 16.4. The summed E-state index contributed by atoms with van der Waals surface area (Å²) in [6, 6.07) is 18.5. The fourth-order valence-corrected chi connectivity index (χ4v) is 2.77. The van der Waals surface area contributed by atoms with Gasteiger partial charge in [0.25, 0.3) is 0 Å². The first-order chi connectivity index (χ1) is 11.2. The molecule has 0 fully saturated rings. The SMILES string of the molecule is CN(C)CCCc1ccccc1CCC(=NO)c1ccccc1. The molecule has 0 aliphatic rings. The van der Waals surface area contributed by atoms with Crippen molar-refractivity contribution in [2.24, 2.45) is 5.16 Å². The monoisotopic (exact) mass is 310 g/mol. The smallest absolute Gasteiger partial charge is 0.0871 e. The lowest BCUT2D eigenvalue weighted by Gasteiger charge is -2.12. The molecule has 23 heavy (non-hydrogen) atoms. The Bertz CT molecular complexity index is 621. The first-order valence-electron chi connectivity index (χ1n) is 8.18. The Morgan fingerprint density at radius 2 is 1.52 bits per heavy atom. The molecular formula is C20H26N2O. The maximum absolute atomic E-state index is 9.31. The van der Waals surface area contributed by atoms with Gasteiger partial charge in [-0.25, -0.2) is 0 Å². The van der Waals surface area contributed by atoms with Gasteiger partial charge in [0.15, 0.2) is 0 Å². The van der Waals surface area contributed by atoms with Gasteiger partial charge in [-0.1, -0.05) is 59.8 Å². The number of nitrogens with zero attached hydrogens (tertiary/aromatic N) is 2. The van der Waals surface area contributed by atoms with Gasteiger partial charge >= 0.3 is 0 Å². The largest absolute Gasteiger partial charge is 0.411 e. The molecule has 0 saturated heterocycles. The Labute approximate surface area is 139 Å². The van der Waals surface area contributed by atoms with Crippen LogP contribution in [0, 0.1) is 0 Å². The molecule has 0 spiro atoms. The van der Waals surface area contributed by atoms with Crippen molar-refractivity contribution in [3.63, 3.8) is 0 Å². The first-order valence-corrected chi connectivity index (χ1v) is 8.18. The van der Waals surface area contributed by atoms with Gasteiger partial charge in [0, 0.05) is 0 Å². The van der Waals surface area contributed by atoms with Crippen LogP contribution in [-0.2, 0) is 12.8 Å². The predicted molar refractivity (Wildman–Crippen MR) is 96.4 cm³/mol. The first kappa shape index (κ1) is 17.2. The maximum atomic E-state index is 9.31. The highest BCUT2D eigenvalue weighted by Gasteiger charge is 2.07. The van der Waals surface area contributed by atoms with Crippen LogP contribution in [0.2, 0.25) is 0 Å². The lowest BCUT2D eigenvalue weighted by Crippen LogP contribution is -2.14. The van der Waals surface area contributed by atoms with Crippen molar-refractivity contribution < 1.29 is 5.21 Å². The zero-order valence-electron chi connectivity index (χ0n) is 14.1. The van der Waals surface area contributed by atoms with Crippen LogP contribution in [0.25, 0.3) is 0 Å². The Hall–Kier alpha value is -2.13. The van der Waals surface area contributed by atoms with Gasteiger partial charge < -0.3 is 10.1 Å². The Morgan fingerprint density at radius 1 is 0.913 bits per heavy atom. The number of hydrogen-bond donors (Lipinski definition) is 1. The van der Waals surface area contributed by atoms with E-state index in [0.29, 0.717) is 0 Å². The second kappa shape index (κ2) is 9.11. The average Bonchev–Trinajstić information content (AvgIpc) is 2.57. The topological polar surface area (TPSA) is 35.8 Å². The molecule has 0 aromatic heterocycles. The van der Waals surface area contributed by atoms with E-state index in [-0.39, 0.29) is 0 Å². The van der Waals surface area contributed by atoms with Crippen LogP contribution in [0.4, 0.5) is 0 Å². The molecule has 0 radical (unpaired) electrons. The standard InChI is InChI=1S/C20H26N2O/c1-22(2)16-8-13-17-9-6-7-10-18(17)14-15-20(21-23)19-11-4-3-5-12-19/h3-7,9-12,23H,8,13-16H2,1-2H3. The third-order valence-corrected chi connectivity index (χ3v) is 4.03. The fraction of sp³-hybridized carbons (Fsp3) is 0.350. The van der Waals surface area contributed by atoms with Gasteiger partial charge in [-0.3, -0.25) is 0 Å². The number of hydrogen-bond acceptors (Lipinski definition) is 3. The number of rotatable bonds is 8. The van der Waals surface area contributed by atoms with Crippen molar-refractivity contribution in [2.45, 2.75) is 25.7 Å². The van der Waals surface area contributed by atoms with Crippen LogP contribution < -0.4 is 0 Å². The molecule has 0 heterocycles. The third-order valence-electron chi connectivity index (χ3n) is 4.03. The highest BCUT2D eigenvalue weighted by Crippen LogP contribution is 2.15. The summed E-state index contributed by atoms with van der Waals surface area (Å²) in [5.41, 5.74) is 4.48. The van der Waals surface area contributed by atoms with Crippen molar-refractivity contribution in [2.75, 3.05) is 20.6 Å². The van der Waals surface area contributed by atoms with Crippen LogP contribution in [0.1, 0.15) is 29.5 Å². The molecule has 3 nitrogen and oxygen atoms in total. The van der Waals surface area contributed by atoms with Crippen LogP contribution >= 0.6 is 0 Å². The summed E-state index contributed by atoms with van der Waals surface area (Å²) < 4.78 is 0. The Morgan fingerprint density at radius 3 is 2.13 bits per heavy atom. The summed E-state index contributed by atoms with van der Waals surface area (Å²) in [6.07, 6.45) is 3.88. The summed E-state index contributed by atoms with van der Waals surface area (Å²) in [4.78, 5) is 2.22. The van der Waals surface area contributed by atoms with Gasteiger partial charge in [0.1, 0.15) is 0 Å². The number of aryl methyl sites for hydroxylation is 2. The van der Waals surface area contributed by atoms with Crippen molar-refractivity contribution >= 4 is 5.71 Å². The van der Waals surface area contributed by atoms with Crippen molar-refractivity contribution in [1.29, 1.82) is 0 Å². The third kappa shape index (κ3) is 5.53. The van der Waals surface area contributed by atoms with Gasteiger partial charge in [0.05, 0.1) is 5.71 Å². The van der Waals surface area contributed by atoms with Crippen molar-refractivity contribution in [1.82, 2.24) is 4.90 Å². The molecule has 0 bridgehead atoms. The van der Waals surface area contributed by atoms with Crippen LogP contribution in [0.5, 0.6) is 0 Å². The molecular weight excluding hydrogens is 284 g/mol. The summed E-state index contributed by atoms with van der Waals surface area (Å²) in [6.45, 7) is 1.10. The zero-order valence-corrected chi connectivity index (χ0v) is 14.1. The molecule has 3 heteroatoms. The lowest BCUT2D eigenvalue weighted by molar-refractivity contribution is 0.318. The average molecular weight is 310 g/mol. The second-order valence-corrected chi connectivity index (χ2v) is 6.09. The lowest BCUT2D eigenvalue weighted by atomic mass is 9.96. The molecule has 0 saturated carbocycles. The Kier molecular flexibility index (Phi) is 6.82. The quantitative estimate of drug-likeness (QED) is 0.454. The van der Waals surface area contributed by atoms with E-state index in [1.165, 1.54) is 11.1 Å². The van der Waals surface area contributed by atoms with Crippen LogP contribution in [0.3, 0.4) is 0 Å². The molecule has 0 unspecified atom stereocenters. The van der Waals surface area contributed by atoms with E-state index in [9.17, 15) is 5.21 Å². The van der Waals surface area contributed by atoms with E-state index in [1.54, 1.807) is 0 Å². The molecule has 0 amide bonds.